The van der Waals surface area contributed by atoms with Gasteiger partial charge in [-0.15, -0.1) is 0 Å². The zero-order chi connectivity index (χ0) is 22.8. The Morgan fingerprint density at radius 2 is 1.81 bits per heavy atom. The molecule has 5 rings (SSSR count). The van der Waals surface area contributed by atoms with Gasteiger partial charge in [-0.2, -0.15) is 0 Å². The normalized spacial score (nSPS) is 45.6. The molecule has 0 aromatic heterocycles. The van der Waals surface area contributed by atoms with Gasteiger partial charge in [-0.1, -0.05) is 6.92 Å². The lowest BCUT2D eigenvalue weighted by Crippen LogP contribution is -2.60. The number of phenolic OH excluding ortho intramolecular Hbond substituents is 1. The Morgan fingerprint density at radius 3 is 2.56 bits per heavy atom. The van der Waals surface area contributed by atoms with Gasteiger partial charge in [-0.3, -0.25) is 0 Å². The highest BCUT2D eigenvalue weighted by Gasteiger charge is 2.54. The summed E-state index contributed by atoms with van der Waals surface area (Å²) in [6, 6.07) is 3.53. The Labute approximate surface area is 187 Å². The van der Waals surface area contributed by atoms with Gasteiger partial charge in [-0.25, -0.2) is 0 Å². The number of phenols is 1. The van der Waals surface area contributed by atoms with Crippen LogP contribution in [0.4, 0.5) is 0 Å². The number of rotatable bonds is 3. The first-order valence-corrected chi connectivity index (χ1v) is 11.8. The van der Waals surface area contributed by atoms with Crippen molar-refractivity contribution in [2.75, 3.05) is 6.61 Å². The Kier molecular flexibility index (Phi) is 5.67. The van der Waals surface area contributed by atoms with Gasteiger partial charge >= 0.3 is 0 Å². The van der Waals surface area contributed by atoms with Crippen LogP contribution in [0.2, 0.25) is 0 Å². The monoisotopic (exact) mass is 450 g/mol. The molecule has 0 bridgehead atoms. The number of fused-ring (bicyclic) bond motifs is 5. The lowest BCUT2D eigenvalue weighted by atomic mass is 9.55. The molecule has 1 aromatic carbocycles. The molecule has 0 radical (unpaired) electrons. The second-order valence-corrected chi connectivity index (χ2v) is 10.4. The van der Waals surface area contributed by atoms with Crippen molar-refractivity contribution in [2.24, 2.45) is 17.3 Å². The maximum Gasteiger partial charge on any atom is 0.229 e. The summed E-state index contributed by atoms with van der Waals surface area (Å²) in [6.45, 7) is 1.69. The molecule has 0 spiro atoms. The third-order valence-corrected chi connectivity index (χ3v) is 8.85. The zero-order valence-electron chi connectivity index (χ0n) is 18.3. The van der Waals surface area contributed by atoms with E-state index in [4.69, 9.17) is 9.47 Å². The number of aromatic hydroxyl groups is 1. The van der Waals surface area contributed by atoms with Gasteiger partial charge in [0.25, 0.3) is 0 Å². The van der Waals surface area contributed by atoms with Crippen LogP contribution >= 0.6 is 0 Å². The fourth-order valence-corrected chi connectivity index (χ4v) is 6.94. The van der Waals surface area contributed by atoms with Crippen molar-refractivity contribution >= 4 is 0 Å². The van der Waals surface area contributed by atoms with Crippen LogP contribution in [0.1, 0.15) is 56.1 Å². The van der Waals surface area contributed by atoms with Gasteiger partial charge in [0.1, 0.15) is 24.4 Å². The molecule has 1 aromatic rings. The number of benzene rings is 1. The summed E-state index contributed by atoms with van der Waals surface area (Å²) in [5.74, 6) is 1.41. The molecule has 8 nitrogen and oxygen atoms in total. The van der Waals surface area contributed by atoms with Crippen LogP contribution in [0.15, 0.2) is 12.1 Å². The Bertz CT molecular complexity index is 859. The number of aryl methyl sites for hydroxylation is 1. The lowest BCUT2D eigenvalue weighted by molar-refractivity contribution is -0.277. The Morgan fingerprint density at radius 1 is 1.03 bits per heavy atom. The summed E-state index contributed by atoms with van der Waals surface area (Å²) in [4.78, 5) is 0. The first-order valence-electron chi connectivity index (χ1n) is 11.8. The molecule has 3 fully saturated rings. The molecule has 32 heavy (non-hydrogen) atoms. The molecule has 3 aliphatic carbocycles. The molecule has 1 heterocycles. The summed E-state index contributed by atoms with van der Waals surface area (Å²) in [5, 5.41) is 60.9. The molecule has 10 atom stereocenters. The maximum atomic E-state index is 10.7. The highest BCUT2D eigenvalue weighted by atomic mass is 16.7. The van der Waals surface area contributed by atoms with Gasteiger partial charge in [0.05, 0.1) is 12.7 Å². The van der Waals surface area contributed by atoms with Crippen molar-refractivity contribution in [2.45, 2.75) is 88.2 Å². The van der Waals surface area contributed by atoms with Crippen molar-refractivity contribution in [3.05, 3.63) is 23.3 Å². The van der Waals surface area contributed by atoms with Crippen molar-refractivity contribution in [1.29, 1.82) is 0 Å². The molecule has 1 aliphatic heterocycles. The highest BCUT2D eigenvalue weighted by Crippen LogP contribution is 2.61. The van der Waals surface area contributed by atoms with Crippen molar-refractivity contribution < 1.29 is 40.1 Å². The maximum absolute atomic E-state index is 10.7. The van der Waals surface area contributed by atoms with E-state index in [-0.39, 0.29) is 23.0 Å². The van der Waals surface area contributed by atoms with E-state index >= 15 is 0 Å². The van der Waals surface area contributed by atoms with E-state index in [0.29, 0.717) is 17.8 Å². The minimum absolute atomic E-state index is 0.00707. The highest BCUT2D eigenvalue weighted by molar-refractivity contribution is 5.49. The molecule has 1 unspecified atom stereocenters. The fraction of sp³-hybridized carbons (Fsp3) is 0.750. The van der Waals surface area contributed by atoms with E-state index in [0.717, 1.165) is 49.7 Å². The zero-order valence-corrected chi connectivity index (χ0v) is 18.3. The molecular formula is C24H34O8. The number of ether oxygens (including phenoxy) is 2. The van der Waals surface area contributed by atoms with Crippen LogP contribution in [0.5, 0.6) is 11.5 Å². The van der Waals surface area contributed by atoms with E-state index in [1.54, 1.807) is 12.1 Å². The van der Waals surface area contributed by atoms with Crippen LogP contribution in [0.25, 0.3) is 0 Å². The number of aliphatic hydroxyl groups excluding tert-OH is 5. The summed E-state index contributed by atoms with van der Waals surface area (Å²) in [7, 11) is 0. The summed E-state index contributed by atoms with van der Waals surface area (Å²) >= 11 is 0. The van der Waals surface area contributed by atoms with E-state index in [9.17, 15) is 30.6 Å². The van der Waals surface area contributed by atoms with Crippen LogP contribution in [-0.2, 0) is 11.2 Å². The second kappa shape index (κ2) is 8.11. The summed E-state index contributed by atoms with van der Waals surface area (Å²) in [5.41, 5.74) is 2.21. The van der Waals surface area contributed by atoms with Crippen LogP contribution in [0.3, 0.4) is 0 Å². The average molecular weight is 451 g/mol. The number of aliphatic hydroxyl groups is 5. The Hall–Kier alpha value is -1.42. The van der Waals surface area contributed by atoms with Crippen LogP contribution in [-0.4, -0.2) is 74.1 Å². The minimum atomic E-state index is -1.54. The topological polar surface area (TPSA) is 140 Å². The quantitative estimate of drug-likeness (QED) is 0.397. The molecule has 0 amide bonds. The molecule has 2 saturated carbocycles. The number of hydrogen-bond donors (Lipinski definition) is 6. The second-order valence-electron chi connectivity index (χ2n) is 10.4. The van der Waals surface area contributed by atoms with Crippen molar-refractivity contribution in [3.8, 4) is 11.5 Å². The predicted molar refractivity (Wildman–Crippen MR) is 113 cm³/mol. The number of hydrogen-bond acceptors (Lipinski definition) is 8. The molecule has 4 aliphatic rings. The van der Waals surface area contributed by atoms with Crippen LogP contribution < -0.4 is 4.74 Å². The van der Waals surface area contributed by atoms with Gasteiger partial charge in [0.15, 0.2) is 11.5 Å². The third kappa shape index (κ3) is 3.35. The van der Waals surface area contributed by atoms with Gasteiger partial charge in [0, 0.05) is 0 Å². The largest absolute Gasteiger partial charge is 0.504 e. The molecule has 8 heteroatoms. The van der Waals surface area contributed by atoms with E-state index < -0.39 is 37.3 Å². The average Bonchev–Trinajstić information content (AvgIpc) is 3.09. The van der Waals surface area contributed by atoms with Gasteiger partial charge in [-0.05, 0) is 85.0 Å². The van der Waals surface area contributed by atoms with E-state index in [1.165, 1.54) is 0 Å². The molecular weight excluding hydrogens is 416 g/mol. The Balaban J connectivity index is 1.38. The summed E-state index contributed by atoms with van der Waals surface area (Å²) in [6.07, 6.45) is -1.42. The van der Waals surface area contributed by atoms with E-state index in [1.807, 2.05) is 0 Å². The van der Waals surface area contributed by atoms with Gasteiger partial charge in [0.2, 0.25) is 6.29 Å². The van der Waals surface area contributed by atoms with Crippen molar-refractivity contribution in [1.82, 2.24) is 0 Å². The van der Waals surface area contributed by atoms with Gasteiger partial charge < -0.3 is 40.1 Å². The van der Waals surface area contributed by atoms with Crippen molar-refractivity contribution in [3.63, 3.8) is 0 Å². The molecule has 6 N–H and O–H groups in total. The lowest BCUT2D eigenvalue weighted by Gasteiger charge is -2.50. The first kappa shape index (κ1) is 22.4. The fourth-order valence-electron chi connectivity index (χ4n) is 6.94. The third-order valence-electron chi connectivity index (χ3n) is 8.85. The molecule has 178 valence electrons. The summed E-state index contributed by atoms with van der Waals surface area (Å²) < 4.78 is 11.1. The molecule has 1 saturated heterocycles. The SMILES string of the molecule is C[C@]12CC[C@@H]3c4cc(O)c(O[C@@H]5O[C@H](CO)[C@@H](O)[C@H](O)[C@H]5O)cc4CC[C@H]3[C@@H]1CCC2O. The smallest absolute Gasteiger partial charge is 0.229 e. The standard InChI is InChI=1S/C24H34O8/c1-24-7-6-12-13(15(24)4-5-19(24)27)3-2-11-8-17(16(26)9-14(11)12)31-23-22(30)21(29)20(28)18(10-25)32-23/h8-9,12-13,15,18-23,25-30H,2-7,10H2,1H3/t12-,13+,15-,18+,19?,20+,21-,22+,23+,24-/m0/s1. The predicted octanol–water partition coefficient (Wildman–Crippen LogP) is 0.788. The minimum Gasteiger partial charge on any atom is -0.504 e. The van der Waals surface area contributed by atoms with Crippen LogP contribution in [0, 0.1) is 17.3 Å². The first-order chi connectivity index (χ1) is 15.2. The van der Waals surface area contributed by atoms with E-state index in [2.05, 4.69) is 6.92 Å².